The van der Waals surface area contributed by atoms with Gasteiger partial charge in [0.2, 0.25) is 0 Å². The molecule has 0 bridgehead atoms. The zero-order valence-electron chi connectivity index (χ0n) is 9.30. The third-order valence-corrected chi connectivity index (χ3v) is 1.49. The molecule has 14 heavy (non-hydrogen) atoms. The molecule has 0 aliphatic carbocycles. The molecule has 1 amide bonds. The van der Waals surface area contributed by atoms with Crippen molar-refractivity contribution < 1.29 is 9.53 Å². The second kappa shape index (κ2) is 5.20. The summed E-state index contributed by atoms with van der Waals surface area (Å²) in [6, 6.07) is 0. The van der Waals surface area contributed by atoms with Crippen molar-refractivity contribution in [3.8, 4) is 0 Å². The number of aliphatic imine (C=N–C) groups is 1. The highest BCUT2D eigenvalue weighted by Gasteiger charge is 2.16. The van der Waals surface area contributed by atoms with E-state index in [1.807, 2.05) is 0 Å². The van der Waals surface area contributed by atoms with Crippen molar-refractivity contribution >= 4 is 23.5 Å². The smallest absolute Gasteiger partial charge is 0.435 e. The molecular formula is C9H17ClN2O2. The Balaban J connectivity index is 4.41. The van der Waals surface area contributed by atoms with E-state index in [9.17, 15) is 4.79 Å². The summed E-state index contributed by atoms with van der Waals surface area (Å²) in [5.41, 5.74) is -0.523. The van der Waals surface area contributed by atoms with Gasteiger partial charge in [0.25, 0.3) is 0 Å². The van der Waals surface area contributed by atoms with Gasteiger partial charge in [-0.3, -0.25) is 0 Å². The number of amides is 1. The highest BCUT2D eigenvalue weighted by Crippen LogP contribution is 2.08. The van der Waals surface area contributed by atoms with Gasteiger partial charge in [-0.1, -0.05) is 0 Å². The topological polar surface area (TPSA) is 41.9 Å². The molecule has 0 radical (unpaired) electrons. The number of rotatable bonds is 1. The lowest BCUT2D eigenvalue weighted by molar-refractivity contribution is 0.0602. The molecule has 0 saturated heterocycles. The maximum atomic E-state index is 11.2. The number of hydrogen-bond donors (Lipinski definition) is 0. The van der Waals surface area contributed by atoms with Gasteiger partial charge in [0.05, 0.1) is 5.88 Å². The van der Waals surface area contributed by atoms with E-state index in [1.165, 1.54) is 0 Å². The summed E-state index contributed by atoms with van der Waals surface area (Å²) >= 11 is 5.60. The summed E-state index contributed by atoms with van der Waals surface area (Å²) in [7, 11) is 3.54. The summed E-state index contributed by atoms with van der Waals surface area (Å²) in [5.74, 6) is 0.674. The molecule has 0 saturated carbocycles. The lowest BCUT2D eigenvalue weighted by Crippen LogP contribution is -2.27. The van der Waals surface area contributed by atoms with Crippen LogP contribution in [0.2, 0.25) is 0 Å². The molecule has 82 valence electrons. The zero-order chi connectivity index (χ0) is 11.4. The molecular weight excluding hydrogens is 204 g/mol. The average molecular weight is 221 g/mol. The van der Waals surface area contributed by atoms with Crippen molar-refractivity contribution in [3.63, 3.8) is 0 Å². The maximum Gasteiger partial charge on any atom is 0.435 e. The summed E-state index contributed by atoms with van der Waals surface area (Å²) < 4.78 is 5.01. The Kier molecular flexibility index (Phi) is 4.91. The van der Waals surface area contributed by atoms with E-state index in [1.54, 1.807) is 39.8 Å². The Bertz CT molecular complexity index is 231. The number of carbonyl (C=O) groups excluding carboxylic acids is 1. The number of nitrogens with zero attached hydrogens (tertiary/aromatic N) is 2. The highest BCUT2D eigenvalue weighted by atomic mass is 35.5. The predicted molar refractivity (Wildman–Crippen MR) is 58.1 cm³/mol. The molecule has 0 aromatic rings. The lowest BCUT2D eigenvalue weighted by atomic mass is 10.2. The summed E-state index contributed by atoms with van der Waals surface area (Å²) in [6.07, 6.45) is -0.609. The van der Waals surface area contributed by atoms with E-state index in [-0.39, 0.29) is 5.88 Å². The zero-order valence-corrected chi connectivity index (χ0v) is 10.1. The van der Waals surface area contributed by atoms with Crippen LogP contribution in [0.1, 0.15) is 20.8 Å². The highest BCUT2D eigenvalue weighted by molar-refractivity contribution is 6.28. The van der Waals surface area contributed by atoms with Crippen molar-refractivity contribution in [2.45, 2.75) is 26.4 Å². The molecule has 0 spiro atoms. The van der Waals surface area contributed by atoms with Gasteiger partial charge in [0, 0.05) is 14.1 Å². The number of ether oxygens (including phenoxy) is 1. The molecule has 4 nitrogen and oxygen atoms in total. The maximum absolute atomic E-state index is 11.2. The number of halogens is 1. The monoisotopic (exact) mass is 220 g/mol. The number of alkyl halides is 1. The van der Waals surface area contributed by atoms with Crippen LogP contribution in [0.5, 0.6) is 0 Å². The van der Waals surface area contributed by atoms with E-state index >= 15 is 0 Å². The van der Waals surface area contributed by atoms with Crippen molar-refractivity contribution in [1.82, 2.24) is 4.90 Å². The minimum atomic E-state index is -0.609. The third-order valence-electron chi connectivity index (χ3n) is 1.25. The Labute approximate surface area is 89.9 Å². The van der Waals surface area contributed by atoms with Gasteiger partial charge < -0.3 is 9.64 Å². The van der Waals surface area contributed by atoms with Gasteiger partial charge in [-0.2, -0.15) is 4.99 Å². The van der Waals surface area contributed by atoms with E-state index < -0.39 is 11.7 Å². The van der Waals surface area contributed by atoms with Crippen LogP contribution in [0, 0.1) is 0 Å². The standard InChI is InChI=1S/C9H17ClN2O2/c1-9(2,3)14-8(13)11-7(6-10)12(4)5/h6H2,1-5H3. The van der Waals surface area contributed by atoms with E-state index in [2.05, 4.69) is 4.99 Å². The van der Waals surface area contributed by atoms with Crippen molar-refractivity contribution in [3.05, 3.63) is 0 Å². The molecule has 0 fully saturated rings. The first-order valence-corrected chi connectivity index (χ1v) is 4.83. The van der Waals surface area contributed by atoms with Crippen LogP contribution in [0.15, 0.2) is 4.99 Å². The van der Waals surface area contributed by atoms with E-state index in [4.69, 9.17) is 16.3 Å². The second-order valence-electron chi connectivity index (χ2n) is 4.04. The van der Waals surface area contributed by atoms with Crippen LogP contribution >= 0.6 is 11.6 Å². The normalized spacial score (nSPS) is 12.6. The number of carbonyl (C=O) groups is 1. The van der Waals surface area contributed by atoms with Gasteiger partial charge >= 0.3 is 6.09 Å². The fourth-order valence-corrected chi connectivity index (χ4v) is 0.938. The molecule has 0 aliphatic rings. The molecule has 0 unspecified atom stereocenters. The third kappa shape index (κ3) is 5.80. The minimum absolute atomic E-state index is 0.187. The summed E-state index contributed by atoms with van der Waals surface area (Å²) in [4.78, 5) is 16.6. The SMILES string of the molecule is CN(C)C(CCl)=NC(=O)OC(C)(C)C. The van der Waals surface area contributed by atoms with E-state index in [0.29, 0.717) is 5.84 Å². The Morgan fingerprint density at radius 2 is 1.93 bits per heavy atom. The molecule has 0 rings (SSSR count). The minimum Gasteiger partial charge on any atom is -0.442 e. The van der Waals surface area contributed by atoms with Gasteiger partial charge in [0.1, 0.15) is 11.4 Å². The Morgan fingerprint density at radius 1 is 1.43 bits per heavy atom. The van der Waals surface area contributed by atoms with Crippen LogP contribution in [0.4, 0.5) is 4.79 Å². The quantitative estimate of drug-likeness (QED) is 0.386. The molecule has 5 heteroatoms. The average Bonchev–Trinajstić information content (AvgIpc) is 1.96. The predicted octanol–water partition coefficient (Wildman–Crippen LogP) is 2.12. The van der Waals surface area contributed by atoms with Gasteiger partial charge in [-0.15, -0.1) is 11.6 Å². The Morgan fingerprint density at radius 3 is 2.21 bits per heavy atom. The first-order valence-electron chi connectivity index (χ1n) is 4.30. The van der Waals surface area contributed by atoms with Crippen molar-refractivity contribution in [1.29, 1.82) is 0 Å². The van der Waals surface area contributed by atoms with Gasteiger partial charge in [-0.05, 0) is 20.8 Å². The summed E-state index contributed by atoms with van der Waals surface area (Å²) in [5, 5.41) is 0. The Hall–Kier alpha value is -0.770. The van der Waals surface area contributed by atoms with Crippen LogP contribution < -0.4 is 0 Å². The van der Waals surface area contributed by atoms with Crippen LogP contribution in [0.25, 0.3) is 0 Å². The van der Waals surface area contributed by atoms with Crippen LogP contribution in [0.3, 0.4) is 0 Å². The molecule has 0 aromatic heterocycles. The second-order valence-corrected chi connectivity index (χ2v) is 4.30. The molecule has 0 aliphatic heterocycles. The fourth-order valence-electron chi connectivity index (χ4n) is 0.640. The van der Waals surface area contributed by atoms with Crippen molar-refractivity contribution in [2.75, 3.05) is 20.0 Å². The van der Waals surface area contributed by atoms with Gasteiger partial charge in [0.15, 0.2) is 0 Å². The van der Waals surface area contributed by atoms with Crippen LogP contribution in [-0.4, -0.2) is 42.4 Å². The molecule has 0 aromatic carbocycles. The number of hydrogen-bond acceptors (Lipinski definition) is 2. The van der Waals surface area contributed by atoms with E-state index in [0.717, 1.165) is 0 Å². The molecule has 0 atom stereocenters. The lowest BCUT2D eigenvalue weighted by Gasteiger charge is -2.18. The first-order chi connectivity index (χ1) is 6.26. The number of amidine groups is 1. The first kappa shape index (κ1) is 13.2. The molecule has 0 heterocycles. The van der Waals surface area contributed by atoms with Crippen molar-refractivity contribution in [2.24, 2.45) is 4.99 Å². The fraction of sp³-hybridized carbons (Fsp3) is 0.778. The van der Waals surface area contributed by atoms with Gasteiger partial charge in [-0.25, -0.2) is 4.79 Å². The van der Waals surface area contributed by atoms with Crippen LogP contribution in [-0.2, 0) is 4.74 Å². The summed E-state index contributed by atoms with van der Waals surface area (Å²) in [6.45, 7) is 5.36. The largest absolute Gasteiger partial charge is 0.442 e. The molecule has 0 N–H and O–H groups in total.